The Balaban J connectivity index is 1.59. The Hall–Kier alpha value is -2.15. The zero-order valence-electron chi connectivity index (χ0n) is 15.1. The Labute approximate surface area is 157 Å². The number of ether oxygens (including phenoxy) is 1. The number of thioether (sulfide) groups is 1. The zero-order valence-corrected chi connectivity index (χ0v) is 15.9. The number of rotatable bonds is 6. The number of hydrogen-bond acceptors (Lipinski definition) is 5. The number of amides is 1. The SMILES string of the molecule is Cc1ccc(N2CC[C@@H](Sc3ccc(OCC(C)(C)F)nc3)C2=O)cn1. The van der Waals surface area contributed by atoms with Crippen LogP contribution in [-0.2, 0) is 4.79 Å². The Bertz CT molecular complexity index is 760. The van der Waals surface area contributed by atoms with E-state index in [2.05, 4.69) is 9.97 Å². The normalized spacial score (nSPS) is 17.6. The third-order valence-corrected chi connectivity index (χ3v) is 5.15. The lowest BCUT2D eigenvalue weighted by atomic mass is 10.2. The second-order valence-corrected chi connectivity index (χ2v) is 8.16. The van der Waals surface area contributed by atoms with Gasteiger partial charge in [0.2, 0.25) is 11.8 Å². The summed E-state index contributed by atoms with van der Waals surface area (Å²) in [6.07, 6.45) is 4.17. The molecule has 26 heavy (non-hydrogen) atoms. The molecular formula is C19H22FN3O2S. The molecule has 3 heterocycles. The lowest BCUT2D eigenvalue weighted by molar-refractivity contribution is -0.116. The molecule has 1 amide bonds. The van der Waals surface area contributed by atoms with Crippen molar-refractivity contribution in [1.82, 2.24) is 9.97 Å². The molecule has 2 aromatic heterocycles. The lowest BCUT2D eigenvalue weighted by Gasteiger charge is -2.16. The van der Waals surface area contributed by atoms with Gasteiger partial charge < -0.3 is 9.64 Å². The van der Waals surface area contributed by atoms with Crippen molar-refractivity contribution in [2.24, 2.45) is 0 Å². The second-order valence-electron chi connectivity index (χ2n) is 6.88. The molecule has 0 aliphatic carbocycles. The van der Waals surface area contributed by atoms with Gasteiger partial charge in [0.1, 0.15) is 12.3 Å². The van der Waals surface area contributed by atoms with Crippen LogP contribution < -0.4 is 9.64 Å². The van der Waals surface area contributed by atoms with Crippen LogP contribution in [0.15, 0.2) is 41.6 Å². The number of aromatic nitrogens is 2. The van der Waals surface area contributed by atoms with Crippen LogP contribution in [0.4, 0.5) is 10.1 Å². The van der Waals surface area contributed by atoms with Crippen LogP contribution in [0.2, 0.25) is 0 Å². The average Bonchev–Trinajstić information content (AvgIpc) is 2.95. The average molecular weight is 375 g/mol. The number of nitrogens with zero attached hydrogens (tertiary/aromatic N) is 3. The molecule has 0 N–H and O–H groups in total. The minimum absolute atomic E-state index is 0.0485. The number of carbonyl (C=O) groups excluding carboxylic acids is 1. The number of alkyl halides is 1. The van der Waals surface area contributed by atoms with Crippen molar-refractivity contribution in [2.75, 3.05) is 18.1 Å². The van der Waals surface area contributed by atoms with Crippen molar-refractivity contribution < 1.29 is 13.9 Å². The molecule has 7 heteroatoms. The molecule has 0 saturated carbocycles. The van der Waals surface area contributed by atoms with E-state index in [9.17, 15) is 9.18 Å². The minimum atomic E-state index is -1.40. The topological polar surface area (TPSA) is 55.3 Å². The van der Waals surface area contributed by atoms with Crippen LogP contribution in [0.1, 0.15) is 26.0 Å². The van der Waals surface area contributed by atoms with Crippen LogP contribution >= 0.6 is 11.8 Å². The van der Waals surface area contributed by atoms with Gasteiger partial charge in [0, 0.05) is 29.4 Å². The molecule has 1 atom stereocenters. The first-order valence-electron chi connectivity index (χ1n) is 8.50. The highest BCUT2D eigenvalue weighted by molar-refractivity contribution is 8.00. The number of carbonyl (C=O) groups is 1. The van der Waals surface area contributed by atoms with E-state index in [-0.39, 0.29) is 17.8 Å². The van der Waals surface area contributed by atoms with Gasteiger partial charge in [0.25, 0.3) is 0 Å². The molecule has 0 unspecified atom stereocenters. The standard InChI is InChI=1S/C19H22FN3O2S/c1-13-4-5-14(10-21-13)23-9-8-16(18(23)24)26-15-6-7-17(22-11-15)25-12-19(2,3)20/h4-7,10-11,16H,8-9,12H2,1-3H3/t16-/m1/s1. The van der Waals surface area contributed by atoms with E-state index < -0.39 is 5.67 Å². The Morgan fingerprint density at radius 2 is 2.08 bits per heavy atom. The fraction of sp³-hybridized carbons (Fsp3) is 0.421. The van der Waals surface area contributed by atoms with Gasteiger partial charge in [-0.1, -0.05) is 0 Å². The molecule has 1 aliphatic heterocycles. The first kappa shape index (κ1) is 18.6. The zero-order chi connectivity index (χ0) is 18.7. The summed E-state index contributed by atoms with van der Waals surface area (Å²) in [6, 6.07) is 7.38. The molecule has 138 valence electrons. The van der Waals surface area contributed by atoms with Gasteiger partial charge in [0.05, 0.1) is 17.1 Å². The number of hydrogen-bond donors (Lipinski definition) is 0. The quantitative estimate of drug-likeness (QED) is 0.768. The second kappa shape index (κ2) is 7.61. The molecule has 1 saturated heterocycles. The fourth-order valence-electron chi connectivity index (χ4n) is 2.57. The van der Waals surface area contributed by atoms with Crippen molar-refractivity contribution in [3.05, 3.63) is 42.4 Å². The molecule has 0 bridgehead atoms. The molecule has 2 aromatic rings. The summed E-state index contributed by atoms with van der Waals surface area (Å²) in [7, 11) is 0. The molecule has 0 spiro atoms. The van der Waals surface area contributed by atoms with Gasteiger partial charge in [-0.25, -0.2) is 9.37 Å². The highest BCUT2D eigenvalue weighted by Crippen LogP contribution is 2.33. The van der Waals surface area contributed by atoms with Gasteiger partial charge in [-0.3, -0.25) is 9.78 Å². The van der Waals surface area contributed by atoms with Crippen molar-refractivity contribution in [3.63, 3.8) is 0 Å². The third-order valence-electron chi connectivity index (χ3n) is 3.91. The predicted molar refractivity (Wildman–Crippen MR) is 101 cm³/mol. The monoisotopic (exact) mass is 375 g/mol. The maximum atomic E-state index is 13.5. The highest BCUT2D eigenvalue weighted by atomic mass is 32.2. The van der Waals surface area contributed by atoms with E-state index in [0.717, 1.165) is 22.7 Å². The predicted octanol–water partition coefficient (Wildman–Crippen LogP) is 3.81. The van der Waals surface area contributed by atoms with Gasteiger partial charge in [-0.15, -0.1) is 11.8 Å². The number of halogens is 1. The number of anilines is 1. The van der Waals surface area contributed by atoms with Crippen LogP contribution in [0, 0.1) is 6.92 Å². The molecule has 0 radical (unpaired) electrons. The van der Waals surface area contributed by atoms with Crippen LogP contribution in [0.25, 0.3) is 0 Å². The van der Waals surface area contributed by atoms with Crippen molar-refractivity contribution >= 4 is 23.4 Å². The van der Waals surface area contributed by atoms with Crippen molar-refractivity contribution in [1.29, 1.82) is 0 Å². The van der Waals surface area contributed by atoms with Crippen molar-refractivity contribution in [2.45, 2.75) is 43.0 Å². The first-order valence-corrected chi connectivity index (χ1v) is 9.38. The smallest absolute Gasteiger partial charge is 0.240 e. The van der Waals surface area contributed by atoms with Gasteiger partial charge in [-0.05, 0) is 45.4 Å². The van der Waals surface area contributed by atoms with E-state index in [4.69, 9.17) is 4.74 Å². The van der Waals surface area contributed by atoms with E-state index in [1.54, 1.807) is 23.4 Å². The molecule has 1 aliphatic rings. The Morgan fingerprint density at radius 1 is 1.27 bits per heavy atom. The summed E-state index contributed by atoms with van der Waals surface area (Å²) in [6.45, 7) is 5.47. The van der Waals surface area contributed by atoms with Gasteiger partial charge in [0.15, 0.2) is 0 Å². The largest absolute Gasteiger partial charge is 0.474 e. The van der Waals surface area contributed by atoms with Crippen molar-refractivity contribution in [3.8, 4) is 5.88 Å². The Kier molecular flexibility index (Phi) is 5.46. The van der Waals surface area contributed by atoms with E-state index in [0.29, 0.717) is 12.4 Å². The summed E-state index contributed by atoms with van der Waals surface area (Å²) in [4.78, 5) is 23.8. The van der Waals surface area contributed by atoms with E-state index >= 15 is 0 Å². The molecule has 1 fully saturated rings. The van der Waals surface area contributed by atoms with E-state index in [1.165, 1.54) is 25.6 Å². The molecular weight excluding hydrogens is 353 g/mol. The summed E-state index contributed by atoms with van der Waals surface area (Å²) < 4.78 is 18.8. The van der Waals surface area contributed by atoms with Crippen LogP contribution in [0.5, 0.6) is 5.88 Å². The maximum Gasteiger partial charge on any atom is 0.240 e. The van der Waals surface area contributed by atoms with Crippen LogP contribution in [0.3, 0.4) is 0 Å². The summed E-state index contributed by atoms with van der Waals surface area (Å²) in [5.41, 5.74) is 0.356. The van der Waals surface area contributed by atoms with Crippen LogP contribution in [-0.4, -0.2) is 39.9 Å². The number of aryl methyl sites for hydroxylation is 1. The highest BCUT2D eigenvalue weighted by Gasteiger charge is 2.33. The fourth-order valence-corrected chi connectivity index (χ4v) is 3.61. The minimum Gasteiger partial charge on any atom is -0.474 e. The molecule has 3 rings (SSSR count). The number of pyridine rings is 2. The third kappa shape index (κ3) is 4.72. The Morgan fingerprint density at radius 3 is 2.69 bits per heavy atom. The van der Waals surface area contributed by atoms with Gasteiger partial charge in [-0.2, -0.15) is 0 Å². The summed E-state index contributed by atoms with van der Waals surface area (Å²) in [5, 5.41) is -0.144. The molecule has 5 nitrogen and oxygen atoms in total. The van der Waals surface area contributed by atoms with Gasteiger partial charge >= 0.3 is 0 Å². The lowest BCUT2D eigenvalue weighted by Crippen LogP contribution is -2.28. The summed E-state index contributed by atoms with van der Waals surface area (Å²) >= 11 is 1.49. The van der Waals surface area contributed by atoms with E-state index in [1.807, 2.05) is 25.1 Å². The maximum absolute atomic E-state index is 13.5. The first-order chi connectivity index (χ1) is 12.3. The summed E-state index contributed by atoms with van der Waals surface area (Å²) in [5.74, 6) is 0.463. The molecule has 0 aromatic carbocycles.